The standard InChI is InChI=1S/C18H24N2O2/c1-12(17-10-14-3-6-15(17)9-14)19-20-18(21)11-13-4-7-16(22-2)8-5-13/h4-5,7-8,14-15,17H,3,6,9-11H2,1-2H3,(H,20,21)/t14-,15-,17-/m0/s1. The molecule has 0 spiro atoms. The van der Waals surface area contributed by atoms with E-state index < -0.39 is 0 Å². The number of hydrazone groups is 1. The first-order chi connectivity index (χ1) is 10.7. The van der Waals surface area contributed by atoms with Crippen molar-refractivity contribution in [1.82, 2.24) is 5.43 Å². The Hall–Kier alpha value is -1.84. The number of ether oxygens (including phenoxy) is 1. The van der Waals surface area contributed by atoms with Gasteiger partial charge < -0.3 is 4.74 Å². The van der Waals surface area contributed by atoms with E-state index in [1.54, 1.807) is 7.11 Å². The molecule has 0 heterocycles. The van der Waals surface area contributed by atoms with Crippen LogP contribution in [-0.2, 0) is 11.2 Å². The van der Waals surface area contributed by atoms with Gasteiger partial charge in [0.1, 0.15) is 5.75 Å². The molecular weight excluding hydrogens is 276 g/mol. The van der Waals surface area contributed by atoms with E-state index in [2.05, 4.69) is 17.5 Å². The van der Waals surface area contributed by atoms with E-state index in [0.29, 0.717) is 12.3 Å². The molecule has 4 nitrogen and oxygen atoms in total. The van der Waals surface area contributed by atoms with Gasteiger partial charge in [-0.1, -0.05) is 18.6 Å². The zero-order chi connectivity index (χ0) is 15.5. The summed E-state index contributed by atoms with van der Waals surface area (Å²) in [5, 5.41) is 4.35. The second-order valence-corrected chi connectivity index (χ2v) is 6.59. The zero-order valence-corrected chi connectivity index (χ0v) is 13.3. The first-order valence-electron chi connectivity index (χ1n) is 8.11. The summed E-state index contributed by atoms with van der Waals surface area (Å²) in [5.41, 5.74) is 4.77. The van der Waals surface area contributed by atoms with Crippen LogP contribution in [0.3, 0.4) is 0 Å². The van der Waals surface area contributed by atoms with Crippen LogP contribution in [0.25, 0.3) is 0 Å². The van der Waals surface area contributed by atoms with Crippen LogP contribution in [0.1, 0.15) is 38.2 Å². The van der Waals surface area contributed by atoms with E-state index in [0.717, 1.165) is 28.9 Å². The molecule has 1 aromatic rings. The Labute approximate surface area is 131 Å². The molecule has 3 rings (SSSR count). The highest BCUT2D eigenvalue weighted by Crippen LogP contribution is 2.48. The Bertz CT molecular complexity index is 565. The van der Waals surface area contributed by atoms with Crippen molar-refractivity contribution in [3.05, 3.63) is 29.8 Å². The molecule has 118 valence electrons. The minimum atomic E-state index is -0.0623. The molecule has 1 amide bonds. The summed E-state index contributed by atoms with van der Waals surface area (Å²) < 4.78 is 5.11. The fourth-order valence-electron chi connectivity index (χ4n) is 3.96. The Morgan fingerprint density at radius 3 is 2.64 bits per heavy atom. The number of rotatable bonds is 5. The lowest BCUT2D eigenvalue weighted by Gasteiger charge is -2.21. The molecule has 2 aliphatic carbocycles. The highest BCUT2D eigenvalue weighted by molar-refractivity contribution is 5.87. The van der Waals surface area contributed by atoms with Crippen molar-refractivity contribution in [3.63, 3.8) is 0 Å². The van der Waals surface area contributed by atoms with Crippen LogP contribution in [0.15, 0.2) is 29.4 Å². The van der Waals surface area contributed by atoms with Gasteiger partial charge in [-0.05, 0) is 55.7 Å². The van der Waals surface area contributed by atoms with E-state index in [4.69, 9.17) is 4.74 Å². The van der Waals surface area contributed by atoms with Crippen molar-refractivity contribution in [2.24, 2.45) is 22.9 Å². The first-order valence-corrected chi connectivity index (χ1v) is 8.11. The summed E-state index contributed by atoms with van der Waals surface area (Å²) in [4.78, 5) is 12.0. The van der Waals surface area contributed by atoms with Crippen molar-refractivity contribution in [2.45, 2.75) is 39.0 Å². The van der Waals surface area contributed by atoms with Gasteiger partial charge in [0.15, 0.2) is 0 Å². The van der Waals surface area contributed by atoms with Gasteiger partial charge in [0.25, 0.3) is 0 Å². The highest BCUT2D eigenvalue weighted by Gasteiger charge is 2.40. The highest BCUT2D eigenvalue weighted by atomic mass is 16.5. The topological polar surface area (TPSA) is 50.7 Å². The molecule has 0 aliphatic heterocycles. The molecule has 1 N–H and O–H groups in total. The van der Waals surface area contributed by atoms with Gasteiger partial charge in [0.05, 0.1) is 13.5 Å². The quantitative estimate of drug-likeness (QED) is 0.671. The largest absolute Gasteiger partial charge is 0.497 e. The summed E-state index contributed by atoms with van der Waals surface area (Å²) in [6.07, 6.45) is 5.68. The van der Waals surface area contributed by atoms with Crippen molar-refractivity contribution in [2.75, 3.05) is 7.11 Å². The van der Waals surface area contributed by atoms with Crippen LogP contribution >= 0.6 is 0 Å². The van der Waals surface area contributed by atoms with Crippen LogP contribution in [-0.4, -0.2) is 18.7 Å². The molecule has 0 aromatic heterocycles. The van der Waals surface area contributed by atoms with Gasteiger partial charge in [-0.25, -0.2) is 5.43 Å². The summed E-state index contributed by atoms with van der Waals surface area (Å²) in [6.45, 7) is 2.05. The number of benzene rings is 1. The normalized spacial score (nSPS) is 27.0. The lowest BCUT2D eigenvalue weighted by atomic mass is 9.86. The summed E-state index contributed by atoms with van der Waals surface area (Å²) >= 11 is 0. The first kappa shape index (κ1) is 15.1. The number of amides is 1. The molecule has 2 fully saturated rings. The molecular formula is C18H24N2O2. The Morgan fingerprint density at radius 1 is 1.27 bits per heavy atom. The van der Waals surface area contributed by atoms with Gasteiger partial charge >= 0.3 is 0 Å². The van der Waals surface area contributed by atoms with Crippen LogP contribution in [0, 0.1) is 17.8 Å². The number of hydrogen-bond acceptors (Lipinski definition) is 3. The smallest absolute Gasteiger partial charge is 0.244 e. The van der Waals surface area contributed by atoms with Gasteiger partial charge in [-0.3, -0.25) is 4.79 Å². The van der Waals surface area contributed by atoms with Crippen LogP contribution < -0.4 is 10.2 Å². The maximum atomic E-state index is 12.0. The number of carbonyl (C=O) groups is 1. The van der Waals surface area contributed by atoms with Crippen molar-refractivity contribution >= 4 is 11.6 Å². The van der Waals surface area contributed by atoms with Crippen LogP contribution in [0.2, 0.25) is 0 Å². The molecule has 2 saturated carbocycles. The summed E-state index contributed by atoms with van der Waals surface area (Å²) in [5.74, 6) is 3.02. The molecule has 1 aromatic carbocycles. The second-order valence-electron chi connectivity index (χ2n) is 6.59. The van der Waals surface area contributed by atoms with E-state index in [-0.39, 0.29) is 5.91 Å². The molecule has 2 aliphatic rings. The molecule has 22 heavy (non-hydrogen) atoms. The van der Waals surface area contributed by atoms with Gasteiger partial charge in [0.2, 0.25) is 5.91 Å². The fourth-order valence-corrected chi connectivity index (χ4v) is 3.96. The molecule has 3 atom stereocenters. The maximum absolute atomic E-state index is 12.0. The number of hydrogen-bond donors (Lipinski definition) is 1. The number of carbonyl (C=O) groups excluding carboxylic acids is 1. The van der Waals surface area contributed by atoms with E-state index in [1.807, 2.05) is 24.3 Å². The third kappa shape index (κ3) is 3.32. The van der Waals surface area contributed by atoms with E-state index in [1.165, 1.54) is 25.7 Å². The number of nitrogens with one attached hydrogen (secondary N) is 1. The predicted octanol–water partition coefficient (Wildman–Crippen LogP) is 3.17. The molecule has 0 radical (unpaired) electrons. The molecule has 0 saturated heterocycles. The summed E-state index contributed by atoms with van der Waals surface area (Å²) in [6, 6.07) is 7.55. The molecule has 4 heteroatoms. The van der Waals surface area contributed by atoms with E-state index in [9.17, 15) is 4.79 Å². The zero-order valence-electron chi connectivity index (χ0n) is 13.3. The van der Waals surface area contributed by atoms with E-state index >= 15 is 0 Å². The number of nitrogens with zero attached hydrogens (tertiary/aromatic N) is 1. The number of methoxy groups -OCH3 is 1. The van der Waals surface area contributed by atoms with Crippen molar-refractivity contribution < 1.29 is 9.53 Å². The van der Waals surface area contributed by atoms with Crippen LogP contribution in [0.5, 0.6) is 5.75 Å². The lowest BCUT2D eigenvalue weighted by Crippen LogP contribution is -2.25. The Balaban J connectivity index is 1.51. The van der Waals surface area contributed by atoms with Gasteiger partial charge in [0, 0.05) is 11.6 Å². The average Bonchev–Trinajstić information content (AvgIpc) is 3.16. The average molecular weight is 300 g/mol. The van der Waals surface area contributed by atoms with Crippen molar-refractivity contribution in [3.8, 4) is 5.75 Å². The third-order valence-electron chi connectivity index (χ3n) is 5.16. The SMILES string of the molecule is COc1ccc(CC(=O)NN=C(C)[C@@H]2C[C@H]3CC[C@H]2C3)cc1. The minimum absolute atomic E-state index is 0.0623. The fraction of sp³-hybridized carbons (Fsp3) is 0.556. The third-order valence-corrected chi connectivity index (χ3v) is 5.16. The predicted molar refractivity (Wildman–Crippen MR) is 86.9 cm³/mol. The Kier molecular flexibility index (Phi) is 4.46. The summed E-state index contributed by atoms with van der Waals surface area (Å²) in [7, 11) is 1.63. The molecule has 2 bridgehead atoms. The minimum Gasteiger partial charge on any atom is -0.497 e. The monoisotopic (exact) mass is 300 g/mol. The molecule has 0 unspecified atom stereocenters. The van der Waals surface area contributed by atoms with Gasteiger partial charge in [-0.2, -0.15) is 5.10 Å². The van der Waals surface area contributed by atoms with Crippen LogP contribution in [0.4, 0.5) is 0 Å². The Morgan fingerprint density at radius 2 is 2.05 bits per heavy atom. The number of fused-ring (bicyclic) bond motifs is 2. The van der Waals surface area contributed by atoms with Crippen molar-refractivity contribution in [1.29, 1.82) is 0 Å². The lowest BCUT2D eigenvalue weighted by molar-refractivity contribution is -0.120. The second kappa shape index (κ2) is 6.51. The van der Waals surface area contributed by atoms with Gasteiger partial charge in [-0.15, -0.1) is 0 Å². The maximum Gasteiger partial charge on any atom is 0.244 e.